The van der Waals surface area contributed by atoms with E-state index < -0.39 is 0 Å². The molecule has 4 heteroatoms. The van der Waals surface area contributed by atoms with Gasteiger partial charge in [-0.1, -0.05) is 12.1 Å². The molecule has 0 unspecified atom stereocenters. The van der Waals surface area contributed by atoms with Gasteiger partial charge < -0.3 is 4.74 Å². The Balaban J connectivity index is 2.37. The van der Waals surface area contributed by atoms with Crippen molar-refractivity contribution in [3.8, 4) is 5.75 Å². The van der Waals surface area contributed by atoms with Crippen LogP contribution in [0.3, 0.4) is 0 Å². The molecule has 0 heterocycles. The Morgan fingerprint density at radius 2 is 2.00 bits per heavy atom. The number of nitrogens with one attached hydrogen (secondary N) is 1. The highest BCUT2D eigenvalue weighted by Crippen LogP contribution is 2.11. The second-order valence-corrected chi connectivity index (χ2v) is 3.54. The summed E-state index contributed by atoms with van der Waals surface area (Å²) in [7, 11) is 3.71. The van der Waals surface area contributed by atoms with Crippen LogP contribution in [0.5, 0.6) is 5.75 Å². The monoisotopic (exact) mass is 209 g/mol. The van der Waals surface area contributed by atoms with Crippen LogP contribution in [0.1, 0.15) is 5.56 Å². The molecule has 3 N–H and O–H groups in total. The van der Waals surface area contributed by atoms with E-state index >= 15 is 0 Å². The van der Waals surface area contributed by atoms with E-state index in [9.17, 15) is 0 Å². The average Bonchev–Trinajstić information content (AvgIpc) is 2.27. The molecule has 15 heavy (non-hydrogen) atoms. The maximum Gasteiger partial charge on any atom is 0.118 e. The van der Waals surface area contributed by atoms with Crippen LogP contribution >= 0.6 is 0 Å². The van der Waals surface area contributed by atoms with Crippen molar-refractivity contribution in [2.75, 3.05) is 27.4 Å². The summed E-state index contributed by atoms with van der Waals surface area (Å²) in [6.45, 7) is 1.69. The summed E-state index contributed by atoms with van der Waals surface area (Å²) in [5.41, 5.74) is 3.93. The standard InChI is InChI=1S/C11H19N3O/c1-14(9-13-12)8-7-10-3-5-11(15-2)6-4-10/h3-6,13H,7-9,12H2,1-2H3. The summed E-state index contributed by atoms with van der Waals surface area (Å²) < 4.78 is 5.10. The number of methoxy groups -OCH3 is 1. The Hall–Kier alpha value is -1.10. The van der Waals surface area contributed by atoms with Crippen LogP contribution in [-0.2, 0) is 6.42 Å². The van der Waals surface area contributed by atoms with Crippen LogP contribution in [-0.4, -0.2) is 32.3 Å². The van der Waals surface area contributed by atoms with E-state index in [-0.39, 0.29) is 0 Å². The Morgan fingerprint density at radius 3 is 2.53 bits per heavy atom. The molecule has 0 amide bonds. The third kappa shape index (κ3) is 4.29. The van der Waals surface area contributed by atoms with Gasteiger partial charge in [0.15, 0.2) is 0 Å². The maximum atomic E-state index is 5.23. The Morgan fingerprint density at radius 1 is 1.33 bits per heavy atom. The van der Waals surface area contributed by atoms with Gasteiger partial charge in [0.2, 0.25) is 0 Å². The van der Waals surface area contributed by atoms with Gasteiger partial charge in [0, 0.05) is 6.54 Å². The van der Waals surface area contributed by atoms with Gasteiger partial charge >= 0.3 is 0 Å². The number of nitrogens with two attached hydrogens (primary N) is 1. The van der Waals surface area contributed by atoms with Crippen molar-refractivity contribution in [2.45, 2.75) is 6.42 Å². The summed E-state index contributed by atoms with van der Waals surface area (Å²) in [5, 5.41) is 0. The lowest BCUT2D eigenvalue weighted by Crippen LogP contribution is -2.36. The minimum Gasteiger partial charge on any atom is -0.497 e. The van der Waals surface area contributed by atoms with E-state index in [1.165, 1.54) is 5.56 Å². The highest BCUT2D eigenvalue weighted by atomic mass is 16.5. The number of nitrogens with zero attached hydrogens (tertiary/aromatic N) is 1. The van der Waals surface area contributed by atoms with Crippen molar-refractivity contribution in [2.24, 2.45) is 5.84 Å². The maximum absolute atomic E-state index is 5.23. The number of hydrogen-bond acceptors (Lipinski definition) is 4. The van der Waals surface area contributed by atoms with E-state index in [1.54, 1.807) is 7.11 Å². The third-order valence-corrected chi connectivity index (χ3v) is 2.30. The molecule has 0 atom stereocenters. The van der Waals surface area contributed by atoms with Gasteiger partial charge in [-0.3, -0.25) is 10.7 Å². The zero-order chi connectivity index (χ0) is 11.1. The molecule has 0 saturated heterocycles. The van der Waals surface area contributed by atoms with Gasteiger partial charge in [0.05, 0.1) is 13.8 Å². The molecular formula is C11H19N3O. The number of hydrogen-bond donors (Lipinski definition) is 2. The zero-order valence-electron chi connectivity index (χ0n) is 9.36. The van der Waals surface area contributed by atoms with E-state index in [1.807, 2.05) is 19.2 Å². The lowest BCUT2D eigenvalue weighted by atomic mass is 10.1. The minimum absolute atomic E-state index is 0.705. The summed E-state index contributed by atoms with van der Waals surface area (Å²) in [4.78, 5) is 2.13. The summed E-state index contributed by atoms with van der Waals surface area (Å²) >= 11 is 0. The number of hydrazine groups is 1. The van der Waals surface area contributed by atoms with Gasteiger partial charge in [-0.25, -0.2) is 5.43 Å². The SMILES string of the molecule is COc1ccc(CCN(C)CNN)cc1. The molecule has 84 valence electrons. The largest absolute Gasteiger partial charge is 0.497 e. The lowest BCUT2D eigenvalue weighted by molar-refractivity contribution is 0.312. The van der Waals surface area contributed by atoms with Crippen LogP contribution in [0.2, 0.25) is 0 Å². The molecule has 0 fully saturated rings. The number of ether oxygens (including phenoxy) is 1. The van der Waals surface area contributed by atoms with E-state index in [2.05, 4.69) is 22.5 Å². The Kier molecular flexibility index (Phi) is 5.10. The molecule has 0 bridgehead atoms. The van der Waals surface area contributed by atoms with E-state index in [4.69, 9.17) is 10.6 Å². The van der Waals surface area contributed by atoms with Gasteiger partial charge in [-0.2, -0.15) is 0 Å². The van der Waals surface area contributed by atoms with Crippen LogP contribution < -0.4 is 16.0 Å². The zero-order valence-corrected chi connectivity index (χ0v) is 9.36. The van der Waals surface area contributed by atoms with E-state index in [0.717, 1.165) is 18.7 Å². The van der Waals surface area contributed by atoms with Crippen molar-refractivity contribution < 1.29 is 4.74 Å². The van der Waals surface area contributed by atoms with Crippen molar-refractivity contribution >= 4 is 0 Å². The van der Waals surface area contributed by atoms with Crippen molar-refractivity contribution in [1.29, 1.82) is 0 Å². The smallest absolute Gasteiger partial charge is 0.118 e. The number of benzene rings is 1. The number of rotatable bonds is 6. The van der Waals surface area contributed by atoms with Gasteiger partial charge in [-0.15, -0.1) is 0 Å². The molecule has 1 rings (SSSR count). The molecule has 0 spiro atoms. The molecule has 0 aromatic heterocycles. The van der Waals surface area contributed by atoms with Gasteiger partial charge in [-0.05, 0) is 31.2 Å². The predicted molar refractivity (Wildman–Crippen MR) is 61.5 cm³/mol. The fourth-order valence-electron chi connectivity index (χ4n) is 1.35. The highest BCUT2D eigenvalue weighted by molar-refractivity contribution is 5.27. The number of likely N-dealkylation sites (N-methyl/N-ethyl adjacent to an activating group) is 1. The molecule has 0 aliphatic carbocycles. The molecule has 0 radical (unpaired) electrons. The van der Waals surface area contributed by atoms with Crippen molar-refractivity contribution in [3.05, 3.63) is 29.8 Å². The quantitative estimate of drug-likeness (QED) is 0.409. The van der Waals surface area contributed by atoms with Crippen molar-refractivity contribution in [1.82, 2.24) is 10.3 Å². The lowest BCUT2D eigenvalue weighted by Gasteiger charge is -2.15. The highest BCUT2D eigenvalue weighted by Gasteiger charge is 1.98. The van der Waals surface area contributed by atoms with Gasteiger partial charge in [0.25, 0.3) is 0 Å². The fourth-order valence-corrected chi connectivity index (χ4v) is 1.35. The molecule has 0 saturated carbocycles. The normalized spacial score (nSPS) is 10.7. The third-order valence-electron chi connectivity index (χ3n) is 2.30. The molecule has 4 nitrogen and oxygen atoms in total. The molecule has 0 aliphatic heterocycles. The van der Waals surface area contributed by atoms with Crippen LogP contribution in [0, 0.1) is 0 Å². The first-order chi connectivity index (χ1) is 7.26. The Labute approximate surface area is 91.0 Å². The molecule has 1 aromatic rings. The van der Waals surface area contributed by atoms with Crippen LogP contribution in [0.4, 0.5) is 0 Å². The molecular weight excluding hydrogens is 190 g/mol. The predicted octanol–water partition coefficient (Wildman–Crippen LogP) is 0.590. The second kappa shape index (κ2) is 6.40. The second-order valence-electron chi connectivity index (χ2n) is 3.54. The summed E-state index contributed by atoms with van der Waals surface area (Å²) in [6, 6.07) is 8.14. The van der Waals surface area contributed by atoms with Crippen molar-refractivity contribution in [3.63, 3.8) is 0 Å². The van der Waals surface area contributed by atoms with Crippen LogP contribution in [0.15, 0.2) is 24.3 Å². The first kappa shape index (κ1) is 12.0. The first-order valence-corrected chi connectivity index (χ1v) is 5.01. The fraction of sp³-hybridized carbons (Fsp3) is 0.455. The minimum atomic E-state index is 0.705. The average molecular weight is 209 g/mol. The van der Waals surface area contributed by atoms with E-state index in [0.29, 0.717) is 6.67 Å². The first-order valence-electron chi connectivity index (χ1n) is 5.01. The molecule has 0 aliphatic rings. The molecule has 1 aromatic carbocycles. The summed E-state index contributed by atoms with van der Waals surface area (Å²) in [6.07, 6.45) is 1.02. The van der Waals surface area contributed by atoms with Crippen LogP contribution in [0.25, 0.3) is 0 Å². The topological polar surface area (TPSA) is 50.5 Å². The van der Waals surface area contributed by atoms with Gasteiger partial charge in [0.1, 0.15) is 5.75 Å². The Bertz CT molecular complexity index is 274. The summed E-state index contributed by atoms with van der Waals surface area (Å²) in [5.74, 6) is 6.13.